The number of thioether (sulfide) groups is 1. The molecule has 9 heteroatoms. The van der Waals surface area contributed by atoms with Gasteiger partial charge in [-0.05, 0) is 38.8 Å². The van der Waals surface area contributed by atoms with Crippen molar-refractivity contribution in [2.75, 3.05) is 6.61 Å². The molecule has 1 saturated carbocycles. The summed E-state index contributed by atoms with van der Waals surface area (Å²) >= 11 is 1.35. The highest BCUT2D eigenvalue weighted by Gasteiger charge is 2.73. The molecule has 2 saturated heterocycles. The molecule has 2 heterocycles. The second-order valence-electron chi connectivity index (χ2n) is 8.79. The fraction of sp³-hybridized carbons (Fsp3) is 0.591. The minimum Gasteiger partial charge on any atom is -0.484 e. The second-order valence-corrected chi connectivity index (χ2v) is 10.5. The van der Waals surface area contributed by atoms with E-state index in [1.165, 1.54) is 16.7 Å². The zero-order chi connectivity index (χ0) is 22.2. The van der Waals surface area contributed by atoms with Crippen LogP contribution in [0, 0.1) is 0 Å². The Morgan fingerprint density at radius 1 is 1.19 bits per heavy atom. The maximum atomic E-state index is 13.3. The smallest absolute Gasteiger partial charge is 0.327 e. The van der Waals surface area contributed by atoms with Crippen molar-refractivity contribution in [3.8, 4) is 5.75 Å². The summed E-state index contributed by atoms with van der Waals surface area (Å²) in [7, 11) is 0. The predicted molar refractivity (Wildman–Crippen MR) is 114 cm³/mol. The number of carboxylic acids is 1. The number of nitrogens with one attached hydrogen (secondary N) is 1. The Morgan fingerprint density at radius 2 is 1.87 bits per heavy atom. The van der Waals surface area contributed by atoms with E-state index in [-0.39, 0.29) is 12.7 Å². The standard InChI is InChI=1S/C22H28N2O6S/c1-21(2)17(18(26)27)24-19(28)22(20(24)31-21,30-15-11-7-4-8-12-15)23-16(25)13-29-14-9-5-3-6-10-14/h3,5-6,9-10,15,17,20H,4,7-8,11-13H2,1-2H3,(H,23,25)(H,26,27)/t17-,20+,22-/m0/s1. The van der Waals surface area contributed by atoms with Gasteiger partial charge in [0.05, 0.1) is 6.10 Å². The fourth-order valence-corrected chi connectivity index (χ4v) is 6.27. The first kappa shape index (κ1) is 22.0. The van der Waals surface area contributed by atoms with Crippen LogP contribution in [-0.4, -0.2) is 62.4 Å². The topological polar surface area (TPSA) is 105 Å². The van der Waals surface area contributed by atoms with Gasteiger partial charge in [-0.1, -0.05) is 37.5 Å². The number of β-lactam (4-membered cyclic amide) rings is 1. The van der Waals surface area contributed by atoms with Crippen molar-refractivity contribution in [2.45, 2.75) is 73.9 Å². The highest BCUT2D eigenvalue weighted by Crippen LogP contribution is 2.55. The highest BCUT2D eigenvalue weighted by atomic mass is 32.2. The van der Waals surface area contributed by atoms with E-state index < -0.39 is 39.7 Å². The van der Waals surface area contributed by atoms with E-state index in [1.807, 2.05) is 6.07 Å². The summed E-state index contributed by atoms with van der Waals surface area (Å²) < 4.78 is 11.1. The second kappa shape index (κ2) is 8.35. The first-order valence-electron chi connectivity index (χ1n) is 10.6. The quantitative estimate of drug-likeness (QED) is 0.487. The normalized spacial score (nSPS) is 29.7. The first-order valence-corrected chi connectivity index (χ1v) is 11.5. The summed E-state index contributed by atoms with van der Waals surface area (Å²) in [5.41, 5.74) is -1.56. The van der Waals surface area contributed by atoms with Crippen molar-refractivity contribution in [3.63, 3.8) is 0 Å². The molecule has 4 rings (SSSR count). The van der Waals surface area contributed by atoms with Crippen LogP contribution in [0.15, 0.2) is 30.3 Å². The van der Waals surface area contributed by atoms with Crippen molar-refractivity contribution in [2.24, 2.45) is 0 Å². The molecule has 3 fully saturated rings. The molecule has 0 spiro atoms. The molecule has 0 unspecified atom stereocenters. The molecule has 3 atom stereocenters. The predicted octanol–water partition coefficient (Wildman–Crippen LogP) is 2.37. The number of ether oxygens (including phenoxy) is 2. The van der Waals surface area contributed by atoms with Crippen LogP contribution in [0.1, 0.15) is 46.0 Å². The number of hydrogen-bond donors (Lipinski definition) is 2. The third-order valence-electron chi connectivity index (χ3n) is 6.08. The van der Waals surface area contributed by atoms with Gasteiger partial charge >= 0.3 is 5.97 Å². The summed E-state index contributed by atoms with van der Waals surface area (Å²) in [6.45, 7) is 3.33. The van der Waals surface area contributed by atoms with Gasteiger partial charge in [0.25, 0.3) is 17.5 Å². The van der Waals surface area contributed by atoms with E-state index in [9.17, 15) is 19.5 Å². The Bertz CT molecular complexity index is 857. The van der Waals surface area contributed by atoms with Gasteiger partial charge < -0.3 is 24.8 Å². The number of hydrogen-bond acceptors (Lipinski definition) is 6. The van der Waals surface area contributed by atoms with Gasteiger partial charge in [-0.15, -0.1) is 11.8 Å². The van der Waals surface area contributed by atoms with Gasteiger partial charge in [0, 0.05) is 4.75 Å². The average molecular weight is 449 g/mol. The average Bonchev–Trinajstić information content (AvgIpc) is 3.02. The minimum absolute atomic E-state index is 0.150. The molecule has 0 aromatic heterocycles. The van der Waals surface area contributed by atoms with E-state index in [0.29, 0.717) is 5.75 Å². The number of fused-ring (bicyclic) bond motifs is 1. The van der Waals surface area contributed by atoms with Crippen molar-refractivity contribution in [1.29, 1.82) is 0 Å². The molecule has 0 radical (unpaired) electrons. The molecule has 1 aromatic carbocycles. The number of carboxylic acid groups (broad SMARTS) is 1. The van der Waals surface area contributed by atoms with Crippen molar-refractivity contribution in [3.05, 3.63) is 30.3 Å². The molecular formula is C22H28N2O6S. The van der Waals surface area contributed by atoms with Gasteiger partial charge in [-0.25, -0.2) is 4.79 Å². The molecule has 2 N–H and O–H groups in total. The number of benzene rings is 1. The van der Waals surface area contributed by atoms with Gasteiger partial charge in [0.15, 0.2) is 6.61 Å². The molecule has 0 bridgehead atoms. The maximum Gasteiger partial charge on any atom is 0.327 e. The van der Waals surface area contributed by atoms with Gasteiger partial charge in [-0.3, -0.25) is 9.59 Å². The van der Waals surface area contributed by atoms with Crippen LogP contribution in [0.5, 0.6) is 5.75 Å². The Balaban J connectivity index is 1.54. The van der Waals surface area contributed by atoms with Gasteiger partial charge in [-0.2, -0.15) is 0 Å². The number of aliphatic carboxylic acids is 1. The van der Waals surface area contributed by atoms with E-state index in [2.05, 4.69) is 5.32 Å². The maximum absolute atomic E-state index is 13.3. The van der Waals surface area contributed by atoms with Crippen LogP contribution in [0.25, 0.3) is 0 Å². The molecule has 1 aliphatic carbocycles. The van der Waals surface area contributed by atoms with Crippen molar-refractivity contribution < 1.29 is 29.0 Å². The van der Waals surface area contributed by atoms with E-state index in [1.54, 1.807) is 38.1 Å². The van der Waals surface area contributed by atoms with Gasteiger partial charge in [0.1, 0.15) is 17.2 Å². The molecule has 2 amide bonds. The third-order valence-corrected chi connectivity index (χ3v) is 7.69. The number of carbonyl (C=O) groups is 3. The highest BCUT2D eigenvalue weighted by molar-refractivity contribution is 8.01. The van der Waals surface area contributed by atoms with Crippen LogP contribution in [-0.2, 0) is 19.1 Å². The van der Waals surface area contributed by atoms with Crippen molar-refractivity contribution >= 4 is 29.5 Å². The number of rotatable bonds is 7. The van der Waals surface area contributed by atoms with Crippen LogP contribution in [0.4, 0.5) is 0 Å². The zero-order valence-corrected chi connectivity index (χ0v) is 18.5. The van der Waals surface area contributed by atoms with Crippen LogP contribution >= 0.6 is 11.8 Å². The molecule has 2 aliphatic heterocycles. The number of amides is 2. The number of nitrogens with zero attached hydrogens (tertiary/aromatic N) is 1. The largest absolute Gasteiger partial charge is 0.484 e. The summed E-state index contributed by atoms with van der Waals surface area (Å²) in [6, 6.07) is 7.96. The van der Waals surface area contributed by atoms with Crippen LogP contribution in [0.3, 0.4) is 0 Å². The molecule has 8 nitrogen and oxygen atoms in total. The first-order chi connectivity index (χ1) is 14.7. The molecule has 1 aromatic rings. The monoisotopic (exact) mass is 448 g/mol. The van der Waals surface area contributed by atoms with Gasteiger partial charge in [0.2, 0.25) is 0 Å². The Kier molecular flexibility index (Phi) is 5.91. The summed E-state index contributed by atoms with van der Waals surface area (Å²) in [4.78, 5) is 39.3. The number of carbonyl (C=O) groups excluding carboxylic acids is 2. The lowest BCUT2D eigenvalue weighted by Gasteiger charge is -2.53. The van der Waals surface area contributed by atoms with Crippen LogP contribution < -0.4 is 10.1 Å². The molecule has 3 aliphatic rings. The summed E-state index contributed by atoms with van der Waals surface area (Å²) in [5, 5.41) is 11.9. The lowest BCUT2D eigenvalue weighted by atomic mass is 9.92. The van der Waals surface area contributed by atoms with E-state index >= 15 is 0 Å². The summed E-state index contributed by atoms with van der Waals surface area (Å²) in [6.07, 6.45) is 4.61. The SMILES string of the molecule is CC1(C)S[C@H]2N(C(=O)[C@]2(NC(=O)COc2ccccc2)OC2CCCCC2)[C@H]1C(=O)O. The third kappa shape index (κ3) is 4.01. The molecule has 31 heavy (non-hydrogen) atoms. The Labute approximate surface area is 185 Å². The van der Waals surface area contributed by atoms with E-state index in [4.69, 9.17) is 9.47 Å². The lowest BCUT2D eigenvalue weighted by Crippen LogP contribution is -2.81. The van der Waals surface area contributed by atoms with E-state index in [0.717, 1.165) is 32.1 Å². The van der Waals surface area contributed by atoms with Crippen LogP contribution in [0.2, 0.25) is 0 Å². The molecular weight excluding hydrogens is 420 g/mol. The molecule has 168 valence electrons. The Morgan fingerprint density at radius 3 is 2.52 bits per heavy atom. The fourth-order valence-electron chi connectivity index (χ4n) is 4.64. The Hall–Kier alpha value is -2.26. The summed E-state index contributed by atoms with van der Waals surface area (Å²) in [5.74, 6) is -1.49. The zero-order valence-electron chi connectivity index (χ0n) is 17.7. The minimum atomic E-state index is -1.56. The lowest BCUT2D eigenvalue weighted by molar-refractivity contribution is -0.219. The number of para-hydroxylation sites is 1. The van der Waals surface area contributed by atoms with Crippen molar-refractivity contribution in [1.82, 2.24) is 10.2 Å².